The minimum Gasteiger partial charge on any atom is -0.344 e. The van der Waals surface area contributed by atoms with Crippen LogP contribution in [0.3, 0.4) is 0 Å². The maximum atomic E-state index is 12.9. The Morgan fingerprint density at radius 2 is 2.03 bits per heavy atom. The summed E-state index contributed by atoms with van der Waals surface area (Å²) in [6.45, 7) is 3.59. The number of aromatic nitrogens is 2. The first-order valence-electron chi connectivity index (χ1n) is 10.7. The van der Waals surface area contributed by atoms with Crippen LogP contribution in [0.2, 0.25) is 5.02 Å². The highest BCUT2D eigenvalue weighted by Gasteiger charge is 2.35. The van der Waals surface area contributed by atoms with Gasteiger partial charge in [0, 0.05) is 43.2 Å². The SMILES string of the molecule is CCCCN(C)C(=O)Cn1c(C2CC(=O)N(c3cccc(Cl)c3)C2)nc2ccccc21. The zero-order valence-electron chi connectivity index (χ0n) is 17.9. The Bertz CT molecular complexity index is 1110. The van der Waals surface area contributed by atoms with Crippen molar-refractivity contribution in [3.8, 4) is 0 Å². The van der Waals surface area contributed by atoms with Gasteiger partial charge in [0.2, 0.25) is 11.8 Å². The van der Waals surface area contributed by atoms with Gasteiger partial charge in [0.05, 0.1) is 11.0 Å². The quantitative estimate of drug-likeness (QED) is 0.546. The molecule has 1 unspecified atom stereocenters. The Kier molecular flexibility index (Phi) is 6.28. The van der Waals surface area contributed by atoms with E-state index >= 15 is 0 Å². The van der Waals surface area contributed by atoms with Crippen LogP contribution in [0.25, 0.3) is 11.0 Å². The number of para-hydroxylation sites is 2. The van der Waals surface area contributed by atoms with Crippen molar-refractivity contribution in [2.24, 2.45) is 0 Å². The molecule has 0 spiro atoms. The number of likely N-dealkylation sites (N-methyl/N-ethyl adjacent to an activating group) is 1. The Hall–Kier alpha value is -2.86. The number of anilines is 1. The minimum atomic E-state index is -0.0902. The number of unbranched alkanes of at least 4 members (excludes halogenated alkanes) is 1. The molecule has 3 aromatic rings. The summed E-state index contributed by atoms with van der Waals surface area (Å²) in [5.74, 6) is 0.787. The molecule has 0 saturated carbocycles. The molecule has 31 heavy (non-hydrogen) atoms. The van der Waals surface area contributed by atoms with Gasteiger partial charge >= 0.3 is 0 Å². The highest BCUT2D eigenvalue weighted by Crippen LogP contribution is 2.34. The van der Waals surface area contributed by atoms with Crippen LogP contribution in [0.5, 0.6) is 0 Å². The van der Waals surface area contributed by atoms with Crippen LogP contribution in [0.1, 0.15) is 37.9 Å². The third kappa shape index (κ3) is 4.44. The number of benzene rings is 2. The number of carbonyl (C=O) groups excluding carboxylic acids is 2. The topological polar surface area (TPSA) is 58.4 Å². The zero-order valence-corrected chi connectivity index (χ0v) is 18.7. The smallest absolute Gasteiger partial charge is 0.242 e. The number of hydrogen-bond donors (Lipinski definition) is 0. The fourth-order valence-electron chi connectivity index (χ4n) is 4.12. The van der Waals surface area contributed by atoms with Crippen LogP contribution in [-0.2, 0) is 16.1 Å². The largest absolute Gasteiger partial charge is 0.344 e. The van der Waals surface area contributed by atoms with E-state index in [-0.39, 0.29) is 24.3 Å². The fraction of sp³-hybridized carbons (Fsp3) is 0.375. The fourth-order valence-corrected chi connectivity index (χ4v) is 4.31. The first-order valence-corrected chi connectivity index (χ1v) is 11.1. The van der Waals surface area contributed by atoms with Crippen molar-refractivity contribution < 1.29 is 9.59 Å². The molecular formula is C24H27ClN4O2. The predicted molar refractivity (Wildman–Crippen MR) is 123 cm³/mol. The highest BCUT2D eigenvalue weighted by atomic mass is 35.5. The van der Waals surface area contributed by atoms with Gasteiger partial charge in [-0.2, -0.15) is 0 Å². The summed E-state index contributed by atoms with van der Waals surface area (Å²) in [5, 5.41) is 0.599. The van der Waals surface area contributed by atoms with Gasteiger partial charge < -0.3 is 14.4 Å². The van der Waals surface area contributed by atoms with Gasteiger partial charge in [-0.15, -0.1) is 0 Å². The molecule has 2 aromatic carbocycles. The molecule has 0 N–H and O–H groups in total. The van der Waals surface area contributed by atoms with Gasteiger partial charge in [0.25, 0.3) is 0 Å². The third-order valence-corrected chi connectivity index (χ3v) is 6.10. The van der Waals surface area contributed by atoms with Gasteiger partial charge in [-0.1, -0.05) is 43.1 Å². The number of nitrogens with zero attached hydrogens (tertiary/aromatic N) is 4. The molecule has 7 heteroatoms. The zero-order chi connectivity index (χ0) is 22.0. The average molecular weight is 439 g/mol. The van der Waals surface area contributed by atoms with Gasteiger partial charge in [0.1, 0.15) is 12.4 Å². The molecule has 2 amide bonds. The molecule has 6 nitrogen and oxygen atoms in total. The van der Waals surface area contributed by atoms with Crippen LogP contribution in [0.15, 0.2) is 48.5 Å². The number of fused-ring (bicyclic) bond motifs is 1. The summed E-state index contributed by atoms with van der Waals surface area (Å²) < 4.78 is 1.99. The molecule has 0 aliphatic carbocycles. The van der Waals surface area contributed by atoms with E-state index in [9.17, 15) is 9.59 Å². The van der Waals surface area contributed by atoms with Crippen LogP contribution >= 0.6 is 11.6 Å². The molecule has 1 fully saturated rings. The first kappa shape index (κ1) is 21.4. The second-order valence-corrected chi connectivity index (χ2v) is 8.54. The Balaban J connectivity index is 1.64. The number of rotatable bonds is 7. The lowest BCUT2D eigenvalue weighted by Crippen LogP contribution is -2.32. The number of imidazole rings is 1. The van der Waals surface area contributed by atoms with Gasteiger partial charge in [-0.25, -0.2) is 4.98 Å². The maximum Gasteiger partial charge on any atom is 0.242 e. The lowest BCUT2D eigenvalue weighted by Gasteiger charge is -2.20. The number of hydrogen-bond acceptors (Lipinski definition) is 3. The van der Waals surface area contributed by atoms with E-state index in [0.717, 1.165) is 41.9 Å². The molecule has 1 aromatic heterocycles. The molecule has 0 radical (unpaired) electrons. The van der Waals surface area contributed by atoms with Crippen LogP contribution < -0.4 is 4.90 Å². The highest BCUT2D eigenvalue weighted by molar-refractivity contribution is 6.30. The summed E-state index contributed by atoms with van der Waals surface area (Å²) in [4.78, 5) is 34.1. The normalized spacial score (nSPS) is 16.3. The second kappa shape index (κ2) is 9.10. The van der Waals surface area contributed by atoms with Gasteiger partial charge in [0.15, 0.2) is 0 Å². The molecule has 1 saturated heterocycles. The third-order valence-electron chi connectivity index (χ3n) is 5.86. The van der Waals surface area contributed by atoms with Crippen molar-refractivity contribution in [3.63, 3.8) is 0 Å². The molecule has 1 aliphatic rings. The van der Waals surface area contributed by atoms with E-state index in [1.807, 2.05) is 48.0 Å². The lowest BCUT2D eigenvalue weighted by molar-refractivity contribution is -0.130. The van der Waals surface area contributed by atoms with Crippen molar-refractivity contribution in [2.75, 3.05) is 25.0 Å². The molecule has 1 atom stereocenters. The van der Waals surface area contributed by atoms with Crippen LogP contribution in [0.4, 0.5) is 5.69 Å². The van der Waals surface area contributed by atoms with Crippen molar-refractivity contribution in [3.05, 3.63) is 59.4 Å². The van der Waals surface area contributed by atoms with Gasteiger partial charge in [-0.3, -0.25) is 9.59 Å². The number of amides is 2. The summed E-state index contributed by atoms with van der Waals surface area (Å²) in [7, 11) is 1.84. The maximum absolute atomic E-state index is 12.9. The van der Waals surface area contributed by atoms with E-state index in [1.165, 1.54) is 0 Å². The molecule has 4 rings (SSSR count). The minimum absolute atomic E-state index is 0.0391. The van der Waals surface area contributed by atoms with E-state index in [4.69, 9.17) is 16.6 Å². The van der Waals surface area contributed by atoms with E-state index in [2.05, 4.69) is 6.92 Å². The van der Waals surface area contributed by atoms with E-state index in [0.29, 0.717) is 18.0 Å². The van der Waals surface area contributed by atoms with Crippen molar-refractivity contribution in [1.82, 2.24) is 14.5 Å². The molecule has 162 valence electrons. The Labute approximate surface area is 187 Å². The van der Waals surface area contributed by atoms with Crippen LogP contribution in [-0.4, -0.2) is 46.4 Å². The molecule has 2 heterocycles. The molecule has 0 bridgehead atoms. The predicted octanol–water partition coefficient (Wildman–Crippen LogP) is 4.47. The summed E-state index contributed by atoms with van der Waals surface area (Å²) in [6.07, 6.45) is 2.38. The number of halogens is 1. The van der Waals surface area contributed by atoms with Crippen LogP contribution in [0, 0.1) is 0 Å². The van der Waals surface area contributed by atoms with E-state index < -0.39 is 0 Å². The molecule has 1 aliphatic heterocycles. The molecular weight excluding hydrogens is 412 g/mol. The summed E-state index contributed by atoms with van der Waals surface area (Å²) in [6, 6.07) is 15.2. The summed E-state index contributed by atoms with van der Waals surface area (Å²) in [5.41, 5.74) is 2.55. The average Bonchev–Trinajstić information content (AvgIpc) is 3.32. The lowest BCUT2D eigenvalue weighted by atomic mass is 10.1. The van der Waals surface area contributed by atoms with Crippen molar-refractivity contribution in [1.29, 1.82) is 0 Å². The van der Waals surface area contributed by atoms with Crippen molar-refractivity contribution in [2.45, 2.75) is 38.6 Å². The van der Waals surface area contributed by atoms with E-state index in [1.54, 1.807) is 21.9 Å². The second-order valence-electron chi connectivity index (χ2n) is 8.10. The Morgan fingerprint density at radius 3 is 2.81 bits per heavy atom. The monoisotopic (exact) mass is 438 g/mol. The standard InChI is InChI=1S/C24H27ClN4O2/c1-3-4-12-27(2)23(31)16-29-21-11-6-5-10-20(21)26-24(29)17-13-22(30)28(15-17)19-9-7-8-18(25)14-19/h5-11,14,17H,3-4,12-13,15-16H2,1-2H3. The Morgan fingerprint density at radius 1 is 1.23 bits per heavy atom. The van der Waals surface area contributed by atoms with Crippen molar-refractivity contribution >= 4 is 40.1 Å². The number of carbonyl (C=O) groups is 2. The van der Waals surface area contributed by atoms with Gasteiger partial charge in [-0.05, 0) is 36.8 Å². The first-order chi connectivity index (χ1) is 15.0. The summed E-state index contributed by atoms with van der Waals surface area (Å²) >= 11 is 6.13.